The molecule has 0 saturated heterocycles. The SMILES string of the molecule is COc1ccccc1NC(=O)C(=S)SC. The Morgan fingerprint density at radius 2 is 2.13 bits per heavy atom. The summed E-state index contributed by atoms with van der Waals surface area (Å²) in [6.07, 6.45) is 1.77. The summed E-state index contributed by atoms with van der Waals surface area (Å²) in [6, 6.07) is 7.19. The number of anilines is 1. The first kappa shape index (κ1) is 12.0. The first-order valence-corrected chi connectivity index (χ1v) is 5.84. The summed E-state index contributed by atoms with van der Waals surface area (Å²) in [5.41, 5.74) is 0.626. The maximum atomic E-state index is 11.5. The van der Waals surface area contributed by atoms with Crippen molar-refractivity contribution in [3.63, 3.8) is 0 Å². The van der Waals surface area contributed by atoms with E-state index in [1.165, 1.54) is 11.8 Å². The summed E-state index contributed by atoms with van der Waals surface area (Å²) < 4.78 is 5.40. The zero-order valence-corrected chi connectivity index (χ0v) is 10.1. The van der Waals surface area contributed by atoms with Crippen molar-refractivity contribution in [3.8, 4) is 5.75 Å². The summed E-state index contributed by atoms with van der Waals surface area (Å²) in [5.74, 6) is 0.344. The van der Waals surface area contributed by atoms with Crippen LogP contribution < -0.4 is 10.1 Å². The van der Waals surface area contributed by atoms with E-state index < -0.39 is 0 Å². The Bertz CT molecular complexity index is 379. The van der Waals surface area contributed by atoms with Crippen molar-refractivity contribution in [1.29, 1.82) is 0 Å². The Balaban J connectivity index is 2.80. The number of nitrogens with one attached hydrogen (secondary N) is 1. The van der Waals surface area contributed by atoms with Crippen molar-refractivity contribution in [1.82, 2.24) is 0 Å². The van der Waals surface area contributed by atoms with Gasteiger partial charge in [0.1, 0.15) is 9.95 Å². The van der Waals surface area contributed by atoms with Crippen LogP contribution in [-0.2, 0) is 4.79 Å². The normalized spacial score (nSPS) is 9.47. The molecule has 1 N–H and O–H groups in total. The fourth-order valence-electron chi connectivity index (χ4n) is 1.01. The van der Waals surface area contributed by atoms with Crippen molar-refractivity contribution < 1.29 is 9.53 Å². The van der Waals surface area contributed by atoms with Crippen molar-refractivity contribution in [2.45, 2.75) is 0 Å². The summed E-state index contributed by atoms with van der Waals surface area (Å²) in [6.45, 7) is 0. The number of benzene rings is 1. The van der Waals surface area contributed by atoms with Crippen LogP contribution in [0.15, 0.2) is 24.3 Å². The second-order valence-corrected chi connectivity index (χ2v) is 4.13. The fraction of sp³-hybridized carbons (Fsp3) is 0.200. The monoisotopic (exact) mass is 241 g/mol. The quantitative estimate of drug-likeness (QED) is 0.806. The zero-order valence-electron chi connectivity index (χ0n) is 8.44. The van der Waals surface area contributed by atoms with Crippen LogP contribution in [-0.4, -0.2) is 23.5 Å². The van der Waals surface area contributed by atoms with E-state index in [0.29, 0.717) is 15.6 Å². The van der Waals surface area contributed by atoms with E-state index in [1.807, 2.05) is 12.1 Å². The zero-order chi connectivity index (χ0) is 11.3. The van der Waals surface area contributed by atoms with E-state index in [2.05, 4.69) is 5.32 Å². The van der Waals surface area contributed by atoms with Crippen molar-refractivity contribution in [2.24, 2.45) is 0 Å². The van der Waals surface area contributed by atoms with E-state index in [9.17, 15) is 4.79 Å². The lowest BCUT2D eigenvalue weighted by atomic mass is 10.3. The number of hydrogen-bond donors (Lipinski definition) is 1. The van der Waals surface area contributed by atoms with Gasteiger partial charge in [-0.15, -0.1) is 11.8 Å². The lowest BCUT2D eigenvalue weighted by Gasteiger charge is -2.09. The number of thioether (sulfide) groups is 1. The number of rotatable bonds is 2. The Kier molecular flexibility index (Phi) is 4.58. The van der Waals surface area contributed by atoms with Crippen LogP contribution in [0.4, 0.5) is 5.69 Å². The molecular formula is C10H11NO2S2. The lowest BCUT2D eigenvalue weighted by Crippen LogP contribution is -2.18. The van der Waals surface area contributed by atoms with Gasteiger partial charge in [0.15, 0.2) is 0 Å². The molecule has 80 valence electrons. The van der Waals surface area contributed by atoms with Crippen LogP contribution in [0.2, 0.25) is 0 Å². The number of ether oxygens (including phenoxy) is 1. The molecule has 0 heterocycles. The highest BCUT2D eigenvalue weighted by Gasteiger charge is 2.10. The topological polar surface area (TPSA) is 38.3 Å². The molecule has 0 saturated carbocycles. The van der Waals surface area contributed by atoms with E-state index in [4.69, 9.17) is 17.0 Å². The van der Waals surface area contributed by atoms with Gasteiger partial charge in [0, 0.05) is 0 Å². The molecule has 1 aromatic rings. The van der Waals surface area contributed by atoms with Gasteiger partial charge >= 0.3 is 0 Å². The van der Waals surface area contributed by atoms with Gasteiger partial charge in [0.25, 0.3) is 5.91 Å². The third kappa shape index (κ3) is 3.21. The summed E-state index contributed by atoms with van der Waals surface area (Å²) >= 11 is 6.11. The summed E-state index contributed by atoms with van der Waals surface area (Å²) in [5, 5.41) is 2.69. The van der Waals surface area contributed by atoms with Crippen LogP contribution in [0, 0.1) is 0 Å². The Morgan fingerprint density at radius 1 is 1.47 bits per heavy atom. The molecule has 1 rings (SSSR count). The number of thiocarbonyl (C=S) groups is 1. The van der Waals surface area contributed by atoms with E-state index in [0.717, 1.165) is 0 Å². The smallest absolute Gasteiger partial charge is 0.273 e. The van der Waals surface area contributed by atoms with Crippen molar-refractivity contribution in [2.75, 3.05) is 18.7 Å². The number of carbonyl (C=O) groups excluding carboxylic acids is 1. The van der Waals surface area contributed by atoms with Gasteiger partial charge in [0.05, 0.1) is 12.8 Å². The predicted octanol–water partition coefficient (Wildman–Crippen LogP) is 2.32. The molecule has 15 heavy (non-hydrogen) atoms. The standard InChI is InChI=1S/C10H11NO2S2/c1-13-8-6-4-3-5-7(8)11-9(12)10(14)15-2/h3-6H,1-2H3,(H,11,12). The minimum absolute atomic E-state index is 0.276. The van der Waals surface area contributed by atoms with Gasteiger partial charge in [-0.05, 0) is 18.4 Å². The highest BCUT2D eigenvalue weighted by Crippen LogP contribution is 2.23. The number of methoxy groups -OCH3 is 1. The molecule has 0 atom stereocenters. The third-order valence-corrected chi connectivity index (χ3v) is 2.97. The van der Waals surface area contributed by atoms with E-state index in [1.54, 1.807) is 25.5 Å². The molecule has 1 amide bonds. The first-order valence-electron chi connectivity index (χ1n) is 4.21. The molecule has 0 aliphatic rings. The molecule has 0 spiro atoms. The average molecular weight is 241 g/mol. The predicted molar refractivity (Wildman–Crippen MR) is 67.7 cm³/mol. The minimum atomic E-state index is -0.276. The maximum absolute atomic E-state index is 11.5. The summed E-state index contributed by atoms with van der Waals surface area (Å²) in [4.78, 5) is 11.5. The molecule has 0 unspecified atom stereocenters. The van der Waals surface area contributed by atoms with Gasteiger partial charge in [-0.2, -0.15) is 0 Å². The van der Waals surface area contributed by atoms with Gasteiger partial charge in [-0.1, -0.05) is 24.4 Å². The Labute approximate surface area is 98.2 Å². The second-order valence-electron chi connectivity index (χ2n) is 2.65. The second kappa shape index (κ2) is 5.72. The van der Waals surface area contributed by atoms with Crippen molar-refractivity contribution >= 4 is 39.8 Å². The number of carbonyl (C=O) groups is 1. The van der Waals surface area contributed by atoms with E-state index in [-0.39, 0.29) is 5.91 Å². The highest BCUT2D eigenvalue weighted by atomic mass is 32.2. The van der Waals surface area contributed by atoms with Gasteiger partial charge in [-0.3, -0.25) is 4.79 Å². The Morgan fingerprint density at radius 3 is 2.73 bits per heavy atom. The fourth-order valence-corrected chi connectivity index (χ4v) is 1.30. The lowest BCUT2D eigenvalue weighted by molar-refractivity contribution is -0.109. The molecular weight excluding hydrogens is 230 g/mol. The molecule has 1 aromatic carbocycles. The van der Waals surface area contributed by atoms with E-state index >= 15 is 0 Å². The first-order chi connectivity index (χ1) is 7.19. The van der Waals surface area contributed by atoms with Gasteiger partial charge < -0.3 is 10.1 Å². The molecule has 0 aliphatic heterocycles. The maximum Gasteiger partial charge on any atom is 0.273 e. The van der Waals surface area contributed by atoms with Crippen LogP contribution in [0.25, 0.3) is 0 Å². The van der Waals surface area contributed by atoms with Crippen LogP contribution in [0.3, 0.4) is 0 Å². The summed E-state index contributed by atoms with van der Waals surface area (Å²) in [7, 11) is 1.55. The molecule has 0 bridgehead atoms. The molecule has 0 radical (unpaired) electrons. The molecule has 0 aliphatic carbocycles. The number of amides is 1. The minimum Gasteiger partial charge on any atom is -0.495 e. The van der Waals surface area contributed by atoms with Crippen LogP contribution in [0.1, 0.15) is 0 Å². The van der Waals surface area contributed by atoms with Gasteiger partial charge in [-0.25, -0.2) is 0 Å². The average Bonchev–Trinajstić information content (AvgIpc) is 2.28. The molecule has 5 heteroatoms. The molecule has 0 aromatic heterocycles. The van der Waals surface area contributed by atoms with Crippen LogP contribution in [0.5, 0.6) is 5.75 Å². The number of hydrogen-bond acceptors (Lipinski definition) is 4. The highest BCUT2D eigenvalue weighted by molar-refractivity contribution is 8.24. The Hall–Kier alpha value is -1.07. The third-order valence-electron chi connectivity index (χ3n) is 1.73. The molecule has 3 nitrogen and oxygen atoms in total. The van der Waals surface area contributed by atoms with Crippen LogP contribution >= 0.6 is 24.0 Å². The largest absolute Gasteiger partial charge is 0.495 e. The van der Waals surface area contributed by atoms with Crippen molar-refractivity contribution in [3.05, 3.63) is 24.3 Å². The number of para-hydroxylation sites is 2. The van der Waals surface area contributed by atoms with Gasteiger partial charge in [0.2, 0.25) is 0 Å². The molecule has 0 fully saturated rings.